The van der Waals surface area contributed by atoms with Crippen molar-refractivity contribution in [2.45, 2.75) is 24.9 Å². The number of ether oxygens (including phenoxy) is 2. The van der Waals surface area contributed by atoms with Crippen LogP contribution in [0.5, 0.6) is 5.75 Å². The number of carbonyl (C=O) groups excluding carboxylic acids is 2. The number of methoxy groups -OCH3 is 1. The number of carbonyl (C=O) groups is 2. The van der Waals surface area contributed by atoms with Crippen LogP contribution in [-0.2, 0) is 9.53 Å². The molecule has 2 heterocycles. The zero-order valence-corrected chi connectivity index (χ0v) is 12.6. The summed E-state index contributed by atoms with van der Waals surface area (Å²) < 4.78 is 10.7. The first kappa shape index (κ1) is 14.8. The Balaban J connectivity index is 1.85. The second kappa shape index (κ2) is 5.93. The van der Waals surface area contributed by atoms with E-state index in [4.69, 9.17) is 4.74 Å². The molecule has 1 saturated heterocycles. The molecule has 1 spiro atoms. The Labute approximate surface area is 129 Å². The summed E-state index contributed by atoms with van der Waals surface area (Å²) in [6.45, 7) is 1.69. The lowest BCUT2D eigenvalue weighted by Crippen LogP contribution is -2.53. The van der Waals surface area contributed by atoms with Crippen LogP contribution < -0.4 is 10.1 Å². The van der Waals surface area contributed by atoms with Crippen molar-refractivity contribution in [3.63, 3.8) is 0 Å². The molecule has 1 atom stereocenters. The van der Waals surface area contributed by atoms with E-state index in [0.717, 1.165) is 24.9 Å². The predicted octanol–water partition coefficient (Wildman–Crippen LogP) is 1.96. The largest absolute Gasteiger partial charge is 0.485 e. The Kier molecular flexibility index (Phi) is 3.98. The van der Waals surface area contributed by atoms with Crippen LogP contribution >= 0.6 is 0 Å². The molecule has 1 aromatic rings. The number of piperidine rings is 1. The van der Waals surface area contributed by atoms with Crippen LogP contribution in [0.4, 0.5) is 0 Å². The first-order valence-corrected chi connectivity index (χ1v) is 7.45. The van der Waals surface area contributed by atoms with Gasteiger partial charge in [-0.25, -0.2) is 4.79 Å². The molecule has 22 heavy (non-hydrogen) atoms. The maximum Gasteiger partial charge on any atom is 0.330 e. The second-order valence-corrected chi connectivity index (χ2v) is 5.78. The molecule has 116 valence electrons. The van der Waals surface area contributed by atoms with Crippen molar-refractivity contribution < 1.29 is 19.1 Å². The molecule has 0 amide bonds. The predicted molar refractivity (Wildman–Crippen MR) is 81.9 cm³/mol. The molecule has 0 radical (unpaired) electrons. The van der Waals surface area contributed by atoms with E-state index in [1.54, 1.807) is 18.2 Å². The Morgan fingerprint density at radius 3 is 3.05 bits per heavy atom. The monoisotopic (exact) mass is 301 g/mol. The summed E-state index contributed by atoms with van der Waals surface area (Å²) in [6, 6.07) is 5.40. The van der Waals surface area contributed by atoms with Gasteiger partial charge in [-0.3, -0.25) is 4.79 Å². The van der Waals surface area contributed by atoms with E-state index in [1.807, 2.05) is 6.07 Å². The maximum atomic E-state index is 12.5. The van der Waals surface area contributed by atoms with E-state index in [2.05, 4.69) is 10.1 Å². The zero-order valence-electron chi connectivity index (χ0n) is 12.6. The van der Waals surface area contributed by atoms with Gasteiger partial charge in [-0.05, 0) is 43.2 Å². The molecule has 5 nitrogen and oxygen atoms in total. The third-order valence-electron chi connectivity index (χ3n) is 4.16. The van der Waals surface area contributed by atoms with Crippen molar-refractivity contribution in [1.29, 1.82) is 0 Å². The number of Topliss-reactive ketones (excluding diaryl/α,β-unsaturated/α-hetero) is 1. The molecular formula is C17H19NO4. The SMILES string of the molecule is COC(=O)C=Cc1ccc2c(c1)C(=O)CC1(CCCNC1)O2. The fourth-order valence-electron chi connectivity index (χ4n) is 3.03. The number of hydrogen-bond acceptors (Lipinski definition) is 5. The fraction of sp³-hybridized carbons (Fsp3) is 0.412. The van der Waals surface area contributed by atoms with Crippen molar-refractivity contribution in [1.82, 2.24) is 5.32 Å². The molecule has 1 N–H and O–H groups in total. The second-order valence-electron chi connectivity index (χ2n) is 5.78. The smallest absolute Gasteiger partial charge is 0.330 e. The minimum absolute atomic E-state index is 0.0956. The highest BCUT2D eigenvalue weighted by Gasteiger charge is 2.41. The van der Waals surface area contributed by atoms with Gasteiger partial charge in [0.1, 0.15) is 11.4 Å². The van der Waals surface area contributed by atoms with Gasteiger partial charge in [-0.15, -0.1) is 0 Å². The average molecular weight is 301 g/mol. The minimum Gasteiger partial charge on any atom is -0.485 e. The normalized spacial score (nSPS) is 24.1. The van der Waals surface area contributed by atoms with Crippen LogP contribution in [0.25, 0.3) is 6.08 Å². The van der Waals surface area contributed by atoms with Crippen LogP contribution in [0.2, 0.25) is 0 Å². The van der Waals surface area contributed by atoms with Gasteiger partial charge in [0.05, 0.1) is 19.1 Å². The summed E-state index contributed by atoms with van der Waals surface area (Å²) in [5, 5.41) is 3.31. The summed E-state index contributed by atoms with van der Waals surface area (Å²) in [6.07, 6.45) is 5.28. The van der Waals surface area contributed by atoms with Crippen molar-refractivity contribution in [2.75, 3.05) is 20.2 Å². The first-order valence-electron chi connectivity index (χ1n) is 7.45. The Morgan fingerprint density at radius 1 is 1.45 bits per heavy atom. The lowest BCUT2D eigenvalue weighted by atomic mass is 9.84. The van der Waals surface area contributed by atoms with Gasteiger partial charge >= 0.3 is 5.97 Å². The third kappa shape index (κ3) is 2.90. The minimum atomic E-state index is -0.424. The van der Waals surface area contributed by atoms with Crippen molar-refractivity contribution in [3.05, 3.63) is 35.4 Å². The van der Waals surface area contributed by atoms with Crippen LogP contribution in [0.3, 0.4) is 0 Å². The molecule has 0 bridgehead atoms. The van der Waals surface area contributed by atoms with Gasteiger partial charge in [0, 0.05) is 12.6 Å². The van der Waals surface area contributed by atoms with Crippen LogP contribution in [0.1, 0.15) is 35.2 Å². The first-order chi connectivity index (χ1) is 10.6. The molecule has 2 aliphatic rings. The maximum absolute atomic E-state index is 12.5. The molecule has 1 aromatic carbocycles. The molecule has 0 aromatic heterocycles. The molecule has 0 aliphatic carbocycles. The van der Waals surface area contributed by atoms with E-state index in [9.17, 15) is 9.59 Å². The summed E-state index contributed by atoms with van der Waals surface area (Å²) in [4.78, 5) is 23.6. The highest BCUT2D eigenvalue weighted by molar-refractivity contribution is 6.01. The molecular weight excluding hydrogens is 282 g/mol. The standard InChI is InChI=1S/C17H19NO4/c1-21-16(20)6-4-12-3-5-15-13(9-12)14(19)10-17(22-15)7-2-8-18-11-17/h3-6,9,18H,2,7-8,10-11H2,1H3. The Bertz CT molecular complexity index is 630. The molecule has 0 saturated carbocycles. The molecule has 2 aliphatic heterocycles. The number of nitrogens with one attached hydrogen (secondary N) is 1. The number of benzene rings is 1. The molecule has 3 rings (SSSR count). The van der Waals surface area contributed by atoms with E-state index in [-0.39, 0.29) is 5.78 Å². The molecule has 5 heteroatoms. The van der Waals surface area contributed by atoms with E-state index in [0.29, 0.717) is 24.3 Å². The number of rotatable bonds is 2. The average Bonchev–Trinajstić information content (AvgIpc) is 2.53. The van der Waals surface area contributed by atoms with Gasteiger partial charge in [0.2, 0.25) is 0 Å². The van der Waals surface area contributed by atoms with Gasteiger partial charge in [-0.1, -0.05) is 6.07 Å². The summed E-state index contributed by atoms with van der Waals surface area (Å²) >= 11 is 0. The van der Waals surface area contributed by atoms with Gasteiger partial charge in [0.25, 0.3) is 0 Å². The number of esters is 1. The Morgan fingerprint density at radius 2 is 2.32 bits per heavy atom. The highest BCUT2D eigenvalue weighted by atomic mass is 16.5. The zero-order chi connectivity index (χ0) is 15.6. The van der Waals surface area contributed by atoms with Crippen LogP contribution in [0.15, 0.2) is 24.3 Å². The molecule has 1 unspecified atom stereocenters. The van der Waals surface area contributed by atoms with Gasteiger partial charge in [-0.2, -0.15) is 0 Å². The lowest BCUT2D eigenvalue weighted by molar-refractivity contribution is -0.134. The molecule has 1 fully saturated rings. The van der Waals surface area contributed by atoms with E-state index in [1.165, 1.54) is 13.2 Å². The van der Waals surface area contributed by atoms with Crippen molar-refractivity contribution >= 4 is 17.8 Å². The summed E-state index contributed by atoms with van der Waals surface area (Å²) in [5.74, 6) is 0.306. The number of fused-ring (bicyclic) bond motifs is 1. The van der Waals surface area contributed by atoms with E-state index >= 15 is 0 Å². The van der Waals surface area contributed by atoms with Crippen LogP contribution in [0, 0.1) is 0 Å². The topological polar surface area (TPSA) is 64.6 Å². The van der Waals surface area contributed by atoms with Gasteiger partial charge < -0.3 is 14.8 Å². The van der Waals surface area contributed by atoms with Crippen LogP contribution in [-0.4, -0.2) is 37.6 Å². The lowest BCUT2D eigenvalue weighted by Gasteiger charge is -2.40. The van der Waals surface area contributed by atoms with Crippen molar-refractivity contribution in [2.24, 2.45) is 0 Å². The summed E-state index contributed by atoms with van der Waals surface area (Å²) in [5.41, 5.74) is 0.966. The fourth-order valence-corrected chi connectivity index (χ4v) is 3.03. The Hall–Kier alpha value is -2.14. The van der Waals surface area contributed by atoms with Gasteiger partial charge in [0.15, 0.2) is 5.78 Å². The summed E-state index contributed by atoms with van der Waals surface area (Å²) in [7, 11) is 1.33. The third-order valence-corrected chi connectivity index (χ3v) is 4.16. The quantitative estimate of drug-likeness (QED) is 0.668. The van der Waals surface area contributed by atoms with Crippen molar-refractivity contribution in [3.8, 4) is 5.75 Å². The number of hydrogen-bond donors (Lipinski definition) is 1. The highest BCUT2D eigenvalue weighted by Crippen LogP contribution is 2.37. The van der Waals surface area contributed by atoms with E-state index < -0.39 is 11.6 Å². The number of ketones is 1.